The van der Waals surface area contributed by atoms with Gasteiger partial charge in [-0.1, -0.05) is 74.5 Å². The van der Waals surface area contributed by atoms with E-state index in [9.17, 15) is 9.90 Å². The average Bonchev–Trinajstić information content (AvgIpc) is 2.85. The van der Waals surface area contributed by atoms with E-state index in [4.69, 9.17) is 9.47 Å². The number of carboxylic acid groups (broad SMARTS) is 1. The van der Waals surface area contributed by atoms with Gasteiger partial charge in [-0.15, -0.1) is 0 Å². The maximum absolute atomic E-state index is 11.3. The zero-order valence-electron chi connectivity index (χ0n) is 20.5. The van der Waals surface area contributed by atoms with Gasteiger partial charge in [-0.05, 0) is 71.4 Å². The summed E-state index contributed by atoms with van der Waals surface area (Å²) in [6, 6.07) is 24.9. The van der Waals surface area contributed by atoms with Crippen LogP contribution in [-0.2, 0) is 16.0 Å². The highest BCUT2D eigenvalue weighted by molar-refractivity contribution is 5.72. The van der Waals surface area contributed by atoms with Crippen LogP contribution in [0.4, 0.5) is 0 Å². The predicted molar refractivity (Wildman–Crippen MR) is 138 cm³/mol. The lowest BCUT2D eigenvalue weighted by Gasteiger charge is -2.12. The van der Waals surface area contributed by atoms with Gasteiger partial charge in [0.25, 0.3) is 0 Å². The molecule has 0 radical (unpaired) electrons. The Morgan fingerprint density at radius 3 is 2.03 bits per heavy atom. The van der Waals surface area contributed by atoms with Crippen LogP contribution in [-0.4, -0.2) is 30.4 Å². The number of carboxylic acids is 1. The van der Waals surface area contributed by atoms with E-state index in [1.54, 1.807) is 6.92 Å². The molecule has 34 heavy (non-hydrogen) atoms. The Kier molecular flexibility index (Phi) is 9.06. The molecule has 1 unspecified atom stereocenters. The standard InChI is InChI=1S/C30H34O4/c1-5-33-29(30(31)32)20-23-6-16-28(17-7-23)34-19-18-22(4)25-10-14-27(15-11-25)26-12-8-24(9-13-26)21(2)3/h6-18,21,29H,5,19-20H2,1-4H3,(H,31,32). The van der Waals surface area contributed by atoms with Crippen molar-refractivity contribution in [2.75, 3.05) is 13.2 Å². The summed E-state index contributed by atoms with van der Waals surface area (Å²) >= 11 is 0. The molecule has 3 aromatic carbocycles. The van der Waals surface area contributed by atoms with Gasteiger partial charge in [-0.2, -0.15) is 0 Å². The molecule has 3 rings (SSSR count). The first-order chi connectivity index (χ1) is 16.4. The Labute approximate surface area is 202 Å². The molecule has 178 valence electrons. The fourth-order valence-corrected chi connectivity index (χ4v) is 3.72. The van der Waals surface area contributed by atoms with Crippen molar-refractivity contribution in [3.05, 3.63) is 95.6 Å². The zero-order valence-corrected chi connectivity index (χ0v) is 20.5. The third-order valence-electron chi connectivity index (χ3n) is 5.88. The second kappa shape index (κ2) is 12.2. The minimum absolute atomic E-state index is 0.334. The molecular weight excluding hydrogens is 424 g/mol. The van der Waals surface area contributed by atoms with Crippen LogP contribution in [0.3, 0.4) is 0 Å². The van der Waals surface area contributed by atoms with Crippen molar-refractivity contribution in [1.82, 2.24) is 0 Å². The lowest BCUT2D eigenvalue weighted by molar-refractivity contribution is -0.149. The Morgan fingerprint density at radius 1 is 0.912 bits per heavy atom. The van der Waals surface area contributed by atoms with E-state index >= 15 is 0 Å². The summed E-state index contributed by atoms with van der Waals surface area (Å²) in [5.74, 6) is 0.338. The van der Waals surface area contributed by atoms with Crippen molar-refractivity contribution >= 4 is 11.5 Å². The highest BCUT2D eigenvalue weighted by Crippen LogP contribution is 2.25. The fraction of sp³-hybridized carbons (Fsp3) is 0.300. The topological polar surface area (TPSA) is 55.8 Å². The number of hydrogen-bond acceptors (Lipinski definition) is 3. The van der Waals surface area contributed by atoms with Crippen LogP contribution in [0.25, 0.3) is 16.7 Å². The molecule has 0 aliphatic carbocycles. The molecule has 1 atom stereocenters. The van der Waals surface area contributed by atoms with E-state index < -0.39 is 12.1 Å². The molecule has 0 fully saturated rings. The lowest BCUT2D eigenvalue weighted by Crippen LogP contribution is -2.26. The Morgan fingerprint density at radius 2 is 1.50 bits per heavy atom. The lowest BCUT2D eigenvalue weighted by atomic mass is 9.97. The number of aliphatic carboxylic acids is 1. The van der Waals surface area contributed by atoms with Gasteiger partial charge < -0.3 is 14.6 Å². The molecule has 4 nitrogen and oxygen atoms in total. The van der Waals surface area contributed by atoms with Gasteiger partial charge >= 0.3 is 5.97 Å². The van der Waals surface area contributed by atoms with Crippen LogP contribution < -0.4 is 4.74 Å². The molecule has 0 aromatic heterocycles. The van der Waals surface area contributed by atoms with E-state index in [0.717, 1.165) is 22.4 Å². The molecule has 0 bridgehead atoms. The predicted octanol–water partition coefficient (Wildman–Crippen LogP) is 6.99. The van der Waals surface area contributed by atoms with Crippen LogP contribution in [0, 0.1) is 0 Å². The highest BCUT2D eigenvalue weighted by Gasteiger charge is 2.17. The average molecular weight is 459 g/mol. The smallest absolute Gasteiger partial charge is 0.333 e. The maximum atomic E-state index is 11.3. The summed E-state index contributed by atoms with van der Waals surface area (Å²) in [5, 5.41) is 9.23. The second-order valence-corrected chi connectivity index (χ2v) is 8.68. The number of rotatable bonds is 11. The zero-order chi connectivity index (χ0) is 24.5. The first-order valence-electron chi connectivity index (χ1n) is 11.8. The van der Waals surface area contributed by atoms with Gasteiger partial charge in [0.2, 0.25) is 0 Å². The van der Waals surface area contributed by atoms with Crippen LogP contribution in [0.5, 0.6) is 5.75 Å². The van der Waals surface area contributed by atoms with Gasteiger partial charge in [-0.3, -0.25) is 0 Å². The van der Waals surface area contributed by atoms with Crippen molar-refractivity contribution < 1.29 is 19.4 Å². The van der Waals surface area contributed by atoms with Crippen LogP contribution in [0.15, 0.2) is 78.9 Å². The van der Waals surface area contributed by atoms with Gasteiger partial charge in [-0.25, -0.2) is 4.79 Å². The van der Waals surface area contributed by atoms with Crippen LogP contribution in [0.1, 0.15) is 50.3 Å². The molecule has 4 heteroatoms. The molecule has 0 amide bonds. The second-order valence-electron chi connectivity index (χ2n) is 8.68. The Balaban J connectivity index is 1.55. The quantitative estimate of drug-likeness (QED) is 0.336. The van der Waals surface area contributed by atoms with E-state index in [-0.39, 0.29) is 0 Å². The third-order valence-corrected chi connectivity index (χ3v) is 5.88. The van der Waals surface area contributed by atoms with Gasteiger partial charge in [0, 0.05) is 13.0 Å². The van der Waals surface area contributed by atoms with E-state index in [1.807, 2.05) is 24.3 Å². The molecule has 0 heterocycles. The number of hydrogen-bond donors (Lipinski definition) is 1. The summed E-state index contributed by atoms with van der Waals surface area (Å²) in [6.45, 7) is 9.12. The first kappa shape index (κ1) is 25.3. The molecular formula is C30H34O4. The minimum atomic E-state index is -0.945. The van der Waals surface area contributed by atoms with E-state index in [0.29, 0.717) is 25.6 Å². The van der Waals surface area contributed by atoms with Crippen LogP contribution >= 0.6 is 0 Å². The highest BCUT2D eigenvalue weighted by atomic mass is 16.5. The van der Waals surface area contributed by atoms with Crippen LogP contribution in [0.2, 0.25) is 0 Å². The SMILES string of the molecule is CCOC(Cc1ccc(OCC=C(C)c2ccc(-c3ccc(C(C)C)cc3)cc2)cc1)C(=O)O. The van der Waals surface area contributed by atoms with Gasteiger partial charge in [0.15, 0.2) is 6.10 Å². The molecule has 0 aliphatic heterocycles. The van der Waals surface area contributed by atoms with Crippen molar-refractivity contribution in [3.8, 4) is 16.9 Å². The number of allylic oxidation sites excluding steroid dienone is 1. The van der Waals surface area contributed by atoms with E-state index in [2.05, 4.69) is 75.4 Å². The molecule has 0 spiro atoms. The first-order valence-corrected chi connectivity index (χ1v) is 11.8. The van der Waals surface area contributed by atoms with E-state index in [1.165, 1.54) is 16.7 Å². The van der Waals surface area contributed by atoms with Gasteiger partial charge in [0.1, 0.15) is 12.4 Å². The summed E-state index contributed by atoms with van der Waals surface area (Å²) in [4.78, 5) is 11.3. The molecule has 0 aliphatic rings. The summed E-state index contributed by atoms with van der Waals surface area (Å²) in [5.41, 5.74) is 7.00. The number of benzene rings is 3. The normalized spacial score (nSPS) is 12.6. The van der Waals surface area contributed by atoms with Crippen molar-refractivity contribution in [1.29, 1.82) is 0 Å². The summed E-state index contributed by atoms with van der Waals surface area (Å²) in [6.07, 6.45) is 1.57. The third kappa shape index (κ3) is 7.06. The summed E-state index contributed by atoms with van der Waals surface area (Å²) in [7, 11) is 0. The molecule has 3 aromatic rings. The Hall–Kier alpha value is -3.37. The molecule has 0 saturated heterocycles. The number of ether oxygens (including phenoxy) is 2. The minimum Gasteiger partial charge on any atom is -0.490 e. The van der Waals surface area contributed by atoms with Gasteiger partial charge in [0.05, 0.1) is 0 Å². The van der Waals surface area contributed by atoms with Crippen molar-refractivity contribution in [3.63, 3.8) is 0 Å². The maximum Gasteiger partial charge on any atom is 0.333 e. The van der Waals surface area contributed by atoms with Crippen molar-refractivity contribution in [2.24, 2.45) is 0 Å². The number of carbonyl (C=O) groups is 1. The molecule has 1 N–H and O–H groups in total. The summed E-state index contributed by atoms with van der Waals surface area (Å²) < 4.78 is 11.1. The Bertz CT molecular complexity index is 1080. The van der Waals surface area contributed by atoms with Crippen molar-refractivity contribution in [2.45, 2.75) is 46.1 Å². The monoisotopic (exact) mass is 458 g/mol. The largest absolute Gasteiger partial charge is 0.490 e. The fourth-order valence-electron chi connectivity index (χ4n) is 3.72. The molecule has 0 saturated carbocycles.